The molecule has 6 nitrogen and oxygen atoms in total. The maximum Gasteiger partial charge on any atom is 0.326 e. The average molecular weight is 504 g/mol. The first kappa shape index (κ1) is 24.8. The zero-order valence-corrected chi connectivity index (χ0v) is 19.9. The first-order valence-electron chi connectivity index (χ1n) is 11.2. The second kappa shape index (κ2) is 11.9. The van der Waals surface area contributed by atoms with E-state index in [2.05, 4.69) is 10.6 Å². The van der Waals surface area contributed by atoms with Gasteiger partial charge in [0.05, 0.1) is 0 Å². The molecular weight excluding hydrogens is 481 g/mol. The Labute approximate surface area is 213 Å². The molecule has 0 atom stereocenters. The number of nitrogens with one attached hydrogen (secondary N) is 2. The van der Waals surface area contributed by atoms with Gasteiger partial charge in [0.15, 0.2) is 0 Å². The van der Waals surface area contributed by atoms with Crippen LogP contribution >= 0.6 is 11.6 Å². The molecule has 182 valence electrons. The number of hydrogen-bond acceptors (Lipinski definition) is 3. The predicted molar refractivity (Wildman–Crippen MR) is 140 cm³/mol. The summed E-state index contributed by atoms with van der Waals surface area (Å²) in [6.45, 7) is 0.359. The molecule has 4 aromatic carbocycles. The quantitative estimate of drug-likeness (QED) is 0.280. The number of carbonyl (C=O) groups is 2. The van der Waals surface area contributed by atoms with Gasteiger partial charge >= 0.3 is 6.03 Å². The van der Waals surface area contributed by atoms with Gasteiger partial charge in [0.1, 0.15) is 17.3 Å². The summed E-state index contributed by atoms with van der Waals surface area (Å²) in [6.07, 6.45) is 0. The Hall–Kier alpha value is -4.36. The van der Waals surface area contributed by atoms with Crippen LogP contribution in [0, 0.1) is 5.82 Å². The van der Waals surface area contributed by atoms with Crippen LogP contribution in [0.4, 0.5) is 20.6 Å². The Morgan fingerprint density at radius 3 is 2.11 bits per heavy atom. The van der Waals surface area contributed by atoms with E-state index in [0.29, 0.717) is 33.5 Å². The summed E-state index contributed by atoms with van der Waals surface area (Å²) in [5.74, 6) is 0.537. The van der Waals surface area contributed by atoms with E-state index in [9.17, 15) is 14.0 Å². The first-order chi connectivity index (χ1) is 17.5. The Bertz CT molecular complexity index is 1300. The molecule has 0 spiro atoms. The van der Waals surface area contributed by atoms with Gasteiger partial charge in [-0.05, 0) is 84.9 Å². The van der Waals surface area contributed by atoms with Crippen molar-refractivity contribution < 1.29 is 18.7 Å². The summed E-state index contributed by atoms with van der Waals surface area (Å²) in [5, 5.41) is 6.16. The van der Waals surface area contributed by atoms with Crippen molar-refractivity contribution >= 4 is 34.9 Å². The number of anilines is 2. The highest BCUT2D eigenvalue weighted by Gasteiger charge is 2.17. The molecule has 4 rings (SSSR count). The summed E-state index contributed by atoms with van der Waals surface area (Å²) in [5.41, 5.74) is 1.52. The molecule has 2 N–H and O–H groups in total. The van der Waals surface area contributed by atoms with Crippen molar-refractivity contribution in [3.05, 3.63) is 120 Å². The van der Waals surface area contributed by atoms with Crippen LogP contribution in [0.5, 0.6) is 11.5 Å². The standard InChI is InChI=1S/C28H23ClFN3O3/c29-21-8-12-23(13-9-21)32-28(35)33(19-18-31-27(34)20-6-10-22(30)11-7-20)24-14-16-26(17-15-24)36-25-4-2-1-3-5-25/h1-17H,18-19H2,(H,31,34)(H,32,35). The zero-order chi connectivity index (χ0) is 25.3. The second-order valence-corrected chi connectivity index (χ2v) is 8.20. The lowest BCUT2D eigenvalue weighted by atomic mass is 10.2. The minimum Gasteiger partial charge on any atom is -0.457 e. The van der Waals surface area contributed by atoms with Crippen molar-refractivity contribution in [3.8, 4) is 11.5 Å². The van der Waals surface area contributed by atoms with Crippen molar-refractivity contribution in [1.29, 1.82) is 0 Å². The predicted octanol–water partition coefficient (Wildman–Crippen LogP) is 6.74. The van der Waals surface area contributed by atoms with Crippen LogP contribution in [0.1, 0.15) is 10.4 Å². The van der Waals surface area contributed by atoms with Gasteiger partial charge in [0.25, 0.3) is 5.91 Å². The molecule has 0 fully saturated rings. The molecule has 36 heavy (non-hydrogen) atoms. The molecule has 0 aromatic heterocycles. The average Bonchev–Trinajstić information content (AvgIpc) is 2.89. The van der Waals surface area contributed by atoms with Gasteiger partial charge in [-0.1, -0.05) is 29.8 Å². The molecule has 0 bridgehead atoms. The lowest BCUT2D eigenvalue weighted by molar-refractivity contribution is 0.0954. The van der Waals surface area contributed by atoms with Gasteiger partial charge < -0.3 is 15.4 Å². The normalized spacial score (nSPS) is 10.4. The van der Waals surface area contributed by atoms with Crippen molar-refractivity contribution in [3.63, 3.8) is 0 Å². The summed E-state index contributed by atoms with van der Waals surface area (Å²) in [6, 6.07) is 28.1. The van der Waals surface area contributed by atoms with E-state index in [-0.39, 0.29) is 25.0 Å². The van der Waals surface area contributed by atoms with Gasteiger partial charge in [0.2, 0.25) is 0 Å². The molecule has 0 aliphatic heterocycles. The number of para-hydroxylation sites is 1. The highest BCUT2D eigenvalue weighted by atomic mass is 35.5. The fourth-order valence-electron chi connectivity index (χ4n) is 3.38. The van der Waals surface area contributed by atoms with Crippen LogP contribution in [-0.2, 0) is 0 Å². The van der Waals surface area contributed by atoms with Crippen LogP contribution in [0.15, 0.2) is 103 Å². The smallest absolute Gasteiger partial charge is 0.326 e. The van der Waals surface area contributed by atoms with Crippen LogP contribution in [0.3, 0.4) is 0 Å². The molecule has 0 unspecified atom stereocenters. The molecule has 0 saturated carbocycles. The number of hydrogen-bond donors (Lipinski definition) is 2. The summed E-state index contributed by atoms with van der Waals surface area (Å²) in [7, 11) is 0. The molecule has 4 aromatic rings. The van der Waals surface area contributed by atoms with Crippen LogP contribution < -0.4 is 20.3 Å². The highest BCUT2D eigenvalue weighted by Crippen LogP contribution is 2.25. The van der Waals surface area contributed by atoms with Crippen molar-refractivity contribution in [2.45, 2.75) is 0 Å². The molecule has 0 aliphatic rings. The van der Waals surface area contributed by atoms with E-state index in [4.69, 9.17) is 16.3 Å². The number of carbonyl (C=O) groups excluding carboxylic acids is 2. The largest absolute Gasteiger partial charge is 0.457 e. The van der Waals surface area contributed by atoms with Crippen molar-refractivity contribution in [2.75, 3.05) is 23.3 Å². The van der Waals surface area contributed by atoms with Gasteiger partial charge in [0, 0.05) is 35.1 Å². The van der Waals surface area contributed by atoms with Gasteiger partial charge in [-0.15, -0.1) is 0 Å². The Kier molecular flexibility index (Phi) is 8.16. The van der Waals surface area contributed by atoms with E-state index in [1.54, 1.807) is 48.5 Å². The number of urea groups is 1. The molecule has 8 heteroatoms. The molecule has 0 radical (unpaired) electrons. The molecular formula is C28H23ClFN3O3. The van der Waals surface area contributed by atoms with Gasteiger partial charge in [-0.25, -0.2) is 9.18 Å². The highest BCUT2D eigenvalue weighted by molar-refractivity contribution is 6.30. The maximum atomic E-state index is 13.2. The number of amides is 3. The topological polar surface area (TPSA) is 70.7 Å². The fraction of sp³-hybridized carbons (Fsp3) is 0.0714. The summed E-state index contributed by atoms with van der Waals surface area (Å²) >= 11 is 5.94. The number of nitrogens with zero attached hydrogens (tertiary/aromatic N) is 1. The van der Waals surface area contributed by atoms with E-state index < -0.39 is 5.82 Å². The monoisotopic (exact) mass is 503 g/mol. The minimum absolute atomic E-state index is 0.173. The number of benzene rings is 4. The van der Waals surface area contributed by atoms with E-state index in [0.717, 1.165) is 0 Å². The van der Waals surface area contributed by atoms with E-state index in [1.807, 2.05) is 30.3 Å². The molecule has 0 heterocycles. The number of rotatable bonds is 8. The molecule has 0 saturated heterocycles. The van der Waals surface area contributed by atoms with E-state index >= 15 is 0 Å². The van der Waals surface area contributed by atoms with Crippen molar-refractivity contribution in [2.24, 2.45) is 0 Å². The van der Waals surface area contributed by atoms with Crippen LogP contribution in [-0.4, -0.2) is 25.0 Å². The lowest BCUT2D eigenvalue weighted by Crippen LogP contribution is -2.41. The third-order valence-electron chi connectivity index (χ3n) is 5.20. The van der Waals surface area contributed by atoms with E-state index in [1.165, 1.54) is 29.2 Å². The first-order valence-corrected chi connectivity index (χ1v) is 11.6. The van der Waals surface area contributed by atoms with Gasteiger partial charge in [-0.2, -0.15) is 0 Å². The summed E-state index contributed by atoms with van der Waals surface area (Å²) in [4.78, 5) is 27.1. The number of ether oxygens (including phenoxy) is 1. The fourth-order valence-corrected chi connectivity index (χ4v) is 3.50. The Morgan fingerprint density at radius 2 is 1.44 bits per heavy atom. The second-order valence-electron chi connectivity index (χ2n) is 7.76. The number of halogens is 2. The molecule has 0 aliphatic carbocycles. The van der Waals surface area contributed by atoms with Gasteiger partial charge in [-0.3, -0.25) is 9.69 Å². The Morgan fingerprint density at radius 1 is 0.806 bits per heavy atom. The van der Waals surface area contributed by atoms with Crippen LogP contribution in [0.2, 0.25) is 5.02 Å². The minimum atomic E-state index is -0.420. The third-order valence-corrected chi connectivity index (χ3v) is 5.45. The zero-order valence-electron chi connectivity index (χ0n) is 19.2. The SMILES string of the molecule is O=C(NCCN(C(=O)Nc1ccc(Cl)cc1)c1ccc(Oc2ccccc2)cc1)c1ccc(F)cc1. The van der Waals surface area contributed by atoms with Crippen molar-refractivity contribution in [1.82, 2.24) is 5.32 Å². The lowest BCUT2D eigenvalue weighted by Gasteiger charge is -2.24. The third kappa shape index (κ3) is 6.84. The maximum absolute atomic E-state index is 13.2. The summed E-state index contributed by atoms with van der Waals surface area (Å²) < 4.78 is 19.0. The Balaban J connectivity index is 1.46. The molecule has 3 amide bonds. The van der Waals surface area contributed by atoms with Crippen LogP contribution in [0.25, 0.3) is 0 Å².